The summed E-state index contributed by atoms with van der Waals surface area (Å²) in [5.41, 5.74) is 1.27. The fourth-order valence-corrected chi connectivity index (χ4v) is 2.50. The minimum atomic E-state index is 0.253. The fourth-order valence-electron chi connectivity index (χ4n) is 2.50. The molecule has 2 heteroatoms. The van der Waals surface area contributed by atoms with Crippen molar-refractivity contribution < 1.29 is 9.53 Å². The van der Waals surface area contributed by atoms with Crippen LogP contribution in [0.4, 0.5) is 0 Å². The molecule has 2 nitrogen and oxygen atoms in total. The third-order valence-corrected chi connectivity index (χ3v) is 3.68. The highest BCUT2D eigenvalue weighted by atomic mass is 16.5. The lowest BCUT2D eigenvalue weighted by Gasteiger charge is -2.32. The number of benzene rings is 2. The highest BCUT2D eigenvalue weighted by molar-refractivity contribution is 5.56. The minimum Gasteiger partial charge on any atom is -0.457 e. The molecule has 1 saturated carbocycles. The van der Waals surface area contributed by atoms with Crippen LogP contribution in [0, 0.1) is 5.92 Å². The molecule has 0 bridgehead atoms. The summed E-state index contributed by atoms with van der Waals surface area (Å²) in [4.78, 5) is 10.6. The second kappa shape index (κ2) is 5.27. The first-order valence-corrected chi connectivity index (χ1v) is 6.63. The molecule has 2 aromatic carbocycles. The van der Waals surface area contributed by atoms with E-state index in [4.69, 9.17) is 4.74 Å². The topological polar surface area (TPSA) is 26.3 Å². The Bertz CT molecular complexity index is 556. The van der Waals surface area contributed by atoms with E-state index in [0.29, 0.717) is 5.92 Å². The van der Waals surface area contributed by atoms with Crippen molar-refractivity contribution in [2.45, 2.75) is 18.8 Å². The van der Waals surface area contributed by atoms with Crippen molar-refractivity contribution in [3.05, 3.63) is 60.2 Å². The summed E-state index contributed by atoms with van der Waals surface area (Å²) in [5, 5.41) is 0. The Labute approximate surface area is 113 Å². The van der Waals surface area contributed by atoms with Gasteiger partial charge in [0.05, 0.1) is 0 Å². The lowest BCUT2D eigenvalue weighted by Crippen LogP contribution is -2.22. The van der Waals surface area contributed by atoms with Crippen molar-refractivity contribution in [2.75, 3.05) is 0 Å². The highest BCUT2D eigenvalue weighted by Crippen LogP contribution is 2.41. The molecule has 1 aliphatic rings. The van der Waals surface area contributed by atoms with E-state index < -0.39 is 0 Å². The zero-order chi connectivity index (χ0) is 13.1. The zero-order valence-corrected chi connectivity index (χ0v) is 10.7. The van der Waals surface area contributed by atoms with Gasteiger partial charge in [0.1, 0.15) is 17.8 Å². The summed E-state index contributed by atoms with van der Waals surface area (Å²) >= 11 is 0. The van der Waals surface area contributed by atoms with Gasteiger partial charge in [0.2, 0.25) is 0 Å². The van der Waals surface area contributed by atoms with E-state index >= 15 is 0 Å². The number of ether oxygens (including phenoxy) is 1. The van der Waals surface area contributed by atoms with E-state index in [-0.39, 0.29) is 5.92 Å². The van der Waals surface area contributed by atoms with Crippen LogP contribution in [-0.2, 0) is 4.79 Å². The molecule has 1 aliphatic carbocycles. The second-order valence-electron chi connectivity index (χ2n) is 5.05. The Morgan fingerprint density at radius 2 is 1.68 bits per heavy atom. The fraction of sp³-hybridized carbons (Fsp3) is 0.235. The van der Waals surface area contributed by atoms with Crippen LogP contribution >= 0.6 is 0 Å². The first-order chi connectivity index (χ1) is 9.35. The number of carbonyl (C=O) groups is 1. The first kappa shape index (κ1) is 12.0. The van der Waals surface area contributed by atoms with Gasteiger partial charge in [-0.05, 0) is 48.6 Å². The van der Waals surface area contributed by atoms with Crippen molar-refractivity contribution in [1.82, 2.24) is 0 Å². The maximum absolute atomic E-state index is 10.6. The Kier molecular flexibility index (Phi) is 3.32. The molecule has 3 rings (SSSR count). The molecule has 0 atom stereocenters. The number of aldehydes is 1. The number of hydrogen-bond donors (Lipinski definition) is 0. The Hall–Kier alpha value is -2.09. The molecule has 0 aliphatic heterocycles. The molecule has 0 N–H and O–H groups in total. The molecule has 0 radical (unpaired) electrons. The van der Waals surface area contributed by atoms with Crippen LogP contribution < -0.4 is 4.74 Å². The number of para-hydroxylation sites is 1. The third-order valence-electron chi connectivity index (χ3n) is 3.68. The summed E-state index contributed by atoms with van der Waals surface area (Å²) in [6, 6.07) is 17.9. The van der Waals surface area contributed by atoms with Crippen molar-refractivity contribution in [1.29, 1.82) is 0 Å². The average Bonchev–Trinajstić information content (AvgIpc) is 2.39. The van der Waals surface area contributed by atoms with Gasteiger partial charge in [-0.2, -0.15) is 0 Å². The molecular weight excluding hydrogens is 236 g/mol. The second-order valence-corrected chi connectivity index (χ2v) is 5.05. The van der Waals surface area contributed by atoms with Gasteiger partial charge in [-0.1, -0.05) is 30.3 Å². The summed E-state index contributed by atoms with van der Waals surface area (Å²) < 4.78 is 5.82. The lowest BCUT2D eigenvalue weighted by molar-refractivity contribution is -0.113. The van der Waals surface area contributed by atoms with Crippen molar-refractivity contribution in [3.63, 3.8) is 0 Å². The Morgan fingerprint density at radius 3 is 2.42 bits per heavy atom. The van der Waals surface area contributed by atoms with E-state index in [1.807, 2.05) is 42.5 Å². The van der Waals surface area contributed by atoms with Gasteiger partial charge in [-0.15, -0.1) is 0 Å². The van der Waals surface area contributed by atoms with Gasteiger partial charge < -0.3 is 9.53 Å². The van der Waals surface area contributed by atoms with Crippen LogP contribution in [0.3, 0.4) is 0 Å². The third kappa shape index (κ3) is 2.68. The zero-order valence-electron chi connectivity index (χ0n) is 10.7. The van der Waals surface area contributed by atoms with Crippen molar-refractivity contribution >= 4 is 6.29 Å². The predicted molar refractivity (Wildman–Crippen MR) is 74.5 cm³/mol. The smallest absolute Gasteiger partial charge is 0.127 e. The molecule has 1 fully saturated rings. The molecule has 0 aromatic heterocycles. The summed E-state index contributed by atoms with van der Waals surface area (Å²) in [5.74, 6) is 2.47. The van der Waals surface area contributed by atoms with Crippen LogP contribution in [0.15, 0.2) is 54.6 Å². The van der Waals surface area contributed by atoms with Gasteiger partial charge in [0.15, 0.2) is 0 Å². The van der Waals surface area contributed by atoms with E-state index in [2.05, 4.69) is 12.1 Å². The first-order valence-electron chi connectivity index (χ1n) is 6.63. The van der Waals surface area contributed by atoms with E-state index in [1.165, 1.54) is 5.56 Å². The van der Waals surface area contributed by atoms with Gasteiger partial charge in [0, 0.05) is 5.92 Å². The molecule has 96 valence electrons. The summed E-state index contributed by atoms with van der Waals surface area (Å²) in [6.45, 7) is 0. The normalized spacial score (nSPS) is 21.5. The molecule has 0 spiro atoms. The number of rotatable bonds is 4. The van der Waals surface area contributed by atoms with Crippen molar-refractivity contribution in [2.24, 2.45) is 5.92 Å². The van der Waals surface area contributed by atoms with E-state index in [0.717, 1.165) is 30.6 Å². The maximum atomic E-state index is 10.6. The monoisotopic (exact) mass is 252 g/mol. The summed E-state index contributed by atoms with van der Waals surface area (Å²) in [7, 11) is 0. The maximum Gasteiger partial charge on any atom is 0.127 e. The SMILES string of the molecule is O=C[C@H]1C[C@@H](c2cccc(Oc3ccccc3)c2)C1. The lowest BCUT2D eigenvalue weighted by atomic mass is 9.72. The van der Waals surface area contributed by atoms with Gasteiger partial charge in [-0.3, -0.25) is 0 Å². The number of hydrogen-bond acceptors (Lipinski definition) is 2. The summed E-state index contributed by atoms with van der Waals surface area (Å²) in [6.07, 6.45) is 3.01. The van der Waals surface area contributed by atoms with Gasteiger partial charge in [-0.25, -0.2) is 0 Å². The van der Waals surface area contributed by atoms with Gasteiger partial charge >= 0.3 is 0 Å². The van der Waals surface area contributed by atoms with Crippen LogP contribution in [-0.4, -0.2) is 6.29 Å². The van der Waals surface area contributed by atoms with Crippen LogP contribution in [0.5, 0.6) is 11.5 Å². The molecular formula is C17H16O2. The molecule has 0 saturated heterocycles. The molecule has 0 amide bonds. The predicted octanol–water partition coefficient (Wildman–Crippen LogP) is 4.17. The van der Waals surface area contributed by atoms with E-state index in [9.17, 15) is 4.79 Å². The van der Waals surface area contributed by atoms with Crippen LogP contribution in [0.1, 0.15) is 24.3 Å². The van der Waals surface area contributed by atoms with Crippen LogP contribution in [0.25, 0.3) is 0 Å². The molecule has 0 unspecified atom stereocenters. The standard InChI is InChI=1S/C17H16O2/c18-12-13-9-15(10-13)14-5-4-8-17(11-14)19-16-6-2-1-3-7-16/h1-8,11-13,15H,9-10H2/t13-,15+. The highest BCUT2D eigenvalue weighted by Gasteiger charge is 2.29. The average molecular weight is 252 g/mol. The number of carbonyl (C=O) groups excluding carboxylic acids is 1. The molecule has 19 heavy (non-hydrogen) atoms. The Balaban J connectivity index is 1.72. The van der Waals surface area contributed by atoms with Crippen LogP contribution in [0.2, 0.25) is 0 Å². The Morgan fingerprint density at radius 1 is 0.947 bits per heavy atom. The molecule has 2 aromatic rings. The minimum absolute atomic E-state index is 0.253. The van der Waals surface area contributed by atoms with Crippen molar-refractivity contribution in [3.8, 4) is 11.5 Å². The van der Waals surface area contributed by atoms with E-state index in [1.54, 1.807) is 0 Å². The quantitative estimate of drug-likeness (QED) is 0.763. The largest absolute Gasteiger partial charge is 0.457 e. The molecule has 0 heterocycles. The van der Waals surface area contributed by atoms with Gasteiger partial charge in [0.25, 0.3) is 0 Å².